The molecule has 6 nitrogen and oxygen atoms in total. The zero-order chi connectivity index (χ0) is 11.3. The minimum absolute atomic E-state index is 0.332. The molecule has 0 aromatic carbocycles. The van der Waals surface area contributed by atoms with Gasteiger partial charge in [-0.3, -0.25) is 0 Å². The molecule has 1 heterocycles. The van der Waals surface area contributed by atoms with Crippen LogP contribution in [0.4, 0.5) is 5.69 Å². The van der Waals surface area contributed by atoms with E-state index < -0.39 is 0 Å². The third kappa shape index (κ3) is 2.43. The predicted octanol–water partition coefficient (Wildman–Crippen LogP) is 0.245. The number of hydrogen-bond acceptors (Lipinski definition) is 6. The first-order chi connectivity index (χ1) is 7.22. The zero-order valence-corrected chi connectivity index (χ0v) is 8.61. The summed E-state index contributed by atoms with van der Waals surface area (Å²) in [5.41, 5.74) is 9.61. The van der Waals surface area contributed by atoms with E-state index in [9.17, 15) is 0 Å². The summed E-state index contributed by atoms with van der Waals surface area (Å²) in [5.74, 6) is 0.332. The molecular weight excluding hydrogens is 194 g/mol. The molecule has 0 unspecified atom stereocenters. The van der Waals surface area contributed by atoms with Crippen LogP contribution >= 0.6 is 0 Å². The van der Waals surface area contributed by atoms with Crippen molar-refractivity contribution in [2.75, 3.05) is 19.9 Å². The van der Waals surface area contributed by atoms with Crippen LogP contribution in [0.1, 0.15) is 5.69 Å². The maximum absolute atomic E-state index is 7.17. The standard InChI is InChI=1S/C9H13N5O/c1-12-14-8(5-10)7-4-3-6(11)9(13-7)15-2/h3-5,10,12H,11H2,1-2H3/b10-5?,14-8+. The number of ether oxygens (including phenoxy) is 1. The predicted molar refractivity (Wildman–Crippen MR) is 59.6 cm³/mol. The quantitative estimate of drug-likeness (QED) is 0.487. The van der Waals surface area contributed by atoms with Gasteiger partial charge in [-0.2, -0.15) is 5.10 Å². The Morgan fingerprint density at radius 1 is 1.67 bits per heavy atom. The topological polar surface area (TPSA) is 96.4 Å². The number of nitrogens with zero attached hydrogens (tertiary/aromatic N) is 2. The van der Waals surface area contributed by atoms with E-state index in [1.165, 1.54) is 7.11 Å². The fourth-order valence-electron chi connectivity index (χ4n) is 1.04. The van der Waals surface area contributed by atoms with Gasteiger partial charge in [0.2, 0.25) is 5.88 Å². The number of aromatic nitrogens is 1. The second-order valence-corrected chi connectivity index (χ2v) is 2.66. The molecule has 0 aliphatic carbocycles. The molecule has 1 aromatic heterocycles. The minimum Gasteiger partial charge on any atom is -0.480 e. The minimum atomic E-state index is 0.332. The van der Waals surface area contributed by atoms with Crippen LogP contribution in [0.5, 0.6) is 5.88 Å². The lowest BCUT2D eigenvalue weighted by Gasteiger charge is -2.05. The third-order valence-electron chi connectivity index (χ3n) is 1.71. The molecule has 0 saturated carbocycles. The summed E-state index contributed by atoms with van der Waals surface area (Å²) in [7, 11) is 3.14. The summed E-state index contributed by atoms with van der Waals surface area (Å²) in [6, 6.07) is 3.34. The van der Waals surface area contributed by atoms with Crippen molar-refractivity contribution in [3.05, 3.63) is 17.8 Å². The molecule has 0 fully saturated rings. The fourth-order valence-corrected chi connectivity index (χ4v) is 1.04. The van der Waals surface area contributed by atoms with E-state index in [2.05, 4.69) is 15.5 Å². The smallest absolute Gasteiger partial charge is 0.237 e. The van der Waals surface area contributed by atoms with E-state index in [0.29, 0.717) is 23.0 Å². The van der Waals surface area contributed by atoms with Crippen molar-refractivity contribution in [2.24, 2.45) is 5.10 Å². The second kappa shape index (κ2) is 4.94. The first kappa shape index (κ1) is 11.0. The molecular formula is C9H13N5O. The fraction of sp³-hybridized carbons (Fsp3) is 0.222. The number of hydrogen-bond donors (Lipinski definition) is 3. The Morgan fingerprint density at radius 2 is 2.40 bits per heavy atom. The maximum atomic E-state index is 7.17. The van der Waals surface area contributed by atoms with Crippen LogP contribution in [0.2, 0.25) is 0 Å². The molecule has 1 aromatic rings. The molecule has 0 amide bonds. The van der Waals surface area contributed by atoms with E-state index in [1.54, 1.807) is 19.2 Å². The molecule has 4 N–H and O–H groups in total. The Bertz CT molecular complexity index is 388. The van der Waals surface area contributed by atoms with Crippen LogP contribution in [-0.2, 0) is 0 Å². The highest BCUT2D eigenvalue weighted by Gasteiger charge is 2.06. The molecule has 15 heavy (non-hydrogen) atoms. The van der Waals surface area contributed by atoms with Crippen molar-refractivity contribution < 1.29 is 4.74 Å². The SMILES string of the molecule is CN/N=C(\C=N)c1ccc(N)c(OC)n1. The molecule has 0 atom stereocenters. The molecule has 80 valence electrons. The van der Waals surface area contributed by atoms with Crippen molar-refractivity contribution in [2.45, 2.75) is 0 Å². The van der Waals surface area contributed by atoms with Gasteiger partial charge in [0, 0.05) is 13.3 Å². The largest absolute Gasteiger partial charge is 0.480 e. The normalized spacial score (nSPS) is 10.9. The Morgan fingerprint density at radius 3 is 2.93 bits per heavy atom. The number of nitrogens with two attached hydrogens (primary N) is 1. The average molecular weight is 207 g/mol. The van der Waals surface area contributed by atoms with E-state index in [-0.39, 0.29) is 0 Å². The van der Waals surface area contributed by atoms with Gasteiger partial charge in [-0.25, -0.2) is 4.98 Å². The van der Waals surface area contributed by atoms with Crippen molar-refractivity contribution in [1.29, 1.82) is 5.41 Å². The summed E-state index contributed by atoms with van der Waals surface area (Å²) in [4.78, 5) is 4.11. The van der Waals surface area contributed by atoms with Crippen molar-refractivity contribution in [3.8, 4) is 5.88 Å². The summed E-state index contributed by atoms with van der Waals surface area (Å²) in [6.07, 6.45) is 1.11. The first-order valence-electron chi connectivity index (χ1n) is 4.28. The van der Waals surface area contributed by atoms with Crippen LogP contribution in [0, 0.1) is 5.41 Å². The van der Waals surface area contributed by atoms with Crippen molar-refractivity contribution >= 4 is 17.6 Å². The van der Waals surface area contributed by atoms with Gasteiger partial charge in [0.1, 0.15) is 5.71 Å². The lowest BCUT2D eigenvalue weighted by Crippen LogP contribution is -2.11. The lowest BCUT2D eigenvalue weighted by molar-refractivity contribution is 0.400. The molecule has 0 saturated heterocycles. The lowest BCUT2D eigenvalue weighted by atomic mass is 10.2. The molecule has 0 bridgehead atoms. The van der Waals surface area contributed by atoms with Crippen molar-refractivity contribution in [3.63, 3.8) is 0 Å². The average Bonchev–Trinajstić information content (AvgIpc) is 2.27. The summed E-state index contributed by atoms with van der Waals surface area (Å²) < 4.78 is 4.97. The Hall–Kier alpha value is -2.11. The Balaban J connectivity index is 3.14. The van der Waals surface area contributed by atoms with Crippen molar-refractivity contribution in [1.82, 2.24) is 10.4 Å². The number of nitrogens with one attached hydrogen (secondary N) is 2. The zero-order valence-electron chi connectivity index (χ0n) is 8.61. The highest BCUT2D eigenvalue weighted by molar-refractivity contribution is 6.36. The number of nitrogen functional groups attached to an aromatic ring is 1. The van der Waals surface area contributed by atoms with Gasteiger partial charge in [-0.1, -0.05) is 0 Å². The molecule has 0 radical (unpaired) electrons. The van der Waals surface area contributed by atoms with Gasteiger partial charge in [-0.05, 0) is 12.1 Å². The summed E-state index contributed by atoms with van der Waals surface area (Å²) in [6.45, 7) is 0. The van der Waals surface area contributed by atoms with Gasteiger partial charge in [0.05, 0.1) is 18.5 Å². The van der Waals surface area contributed by atoms with E-state index in [0.717, 1.165) is 6.21 Å². The number of rotatable bonds is 4. The number of anilines is 1. The molecule has 0 aliphatic heterocycles. The number of pyridine rings is 1. The first-order valence-corrected chi connectivity index (χ1v) is 4.28. The summed E-state index contributed by atoms with van der Waals surface area (Å²) >= 11 is 0. The third-order valence-corrected chi connectivity index (χ3v) is 1.71. The van der Waals surface area contributed by atoms with Gasteiger partial charge < -0.3 is 21.3 Å². The van der Waals surface area contributed by atoms with Gasteiger partial charge in [0.15, 0.2) is 0 Å². The van der Waals surface area contributed by atoms with Crippen LogP contribution < -0.4 is 15.9 Å². The summed E-state index contributed by atoms with van der Waals surface area (Å²) in [5, 5.41) is 11.1. The number of methoxy groups -OCH3 is 1. The van der Waals surface area contributed by atoms with Gasteiger partial charge in [0.25, 0.3) is 0 Å². The van der Waals surface area contributed by atoms with Crippen LogP contribution in [0.25, 0.3) is 0 Å². The second-order valence-electron chi connectivity index (χ2n) is 2.66. The van der Waals surface area contributed by atoms with Gasteiger partial charge in [-0.15, -0.1) is 0 Å². The molecule has 0 spiro atoms. The Kier molecular flexibility index (Phi) is 3.61. The molecule has 0 aliphatic rings. The highest BCUT2D eigenvalue weighted by Crippen LogP contribution is 2.17. The van der Waals surface area contributed by atoms with E-state index in [1.807, 2.05) is 0 Å². The van der Waals surface area contributed by atoms with E-state index >= 15 is 0 Å². The number of hydrazone groups is 1. The molecule has 1 rings (SSSR count). The van der Waals surface area contributed by atoms with Crippen LogP contribution in [0.15, 0.2) is 17.2 Å². The van der Waals surface area contributed by atoms with Gasteiger partial charge >= 0.3 is 0 Å². The molecule has 6 heteroatoms. The Labute approximate surface area is 87.7 Å². The maximum Gasteiger partial charge on any atom is 0.237 e. The van der Waals surface area contributed by atoms with Crippen LogP contribution in [-0.4, -0.2) is 31.1 Å². The van der Waals surface area contributed by atoms with E-state index in [4.69, 9.17) is 15.9 Å². The van der Waals surface area contributed by atoms with Crippen LogP contribution in [0.3, 0.4) is 0 Å². The monoisotopic (exact) mass is 207 g/mol. The highest BCUT2D eigenvalue weighted by atomic mass is 16.5.